The number of carboxylic acid groups (broad SMARTS) is 1. The molecule has 2 N–H and O–H groups in total. The molecule has 79 heavy (non-hydrogen) atoms. The Bertz CT molecular complexity index is 3840. The number of allylic oxidation sites excluding steroid dienone is 4. The molecular weight excluding hydrogens is 1160 g/mol. The third-order valence-corrected chi connectivity index (χ3v) is 18.8. The Morgan fingerprint density at radius 3 is 1.72 bits per heavy atom. The SMILES string of the molecule is COCCOCCOCCC1(C)/C(=C\C=C\C2=[N+](CCCS(=O)(=O)O)c3ccc4c(S(=O)(=O)[O-])cc(S(=O)(=O)[O-])cc4c3C2(C)CCCS(=O)(=O)[O-])N(CCCCCC(=O)O)c2ccc3c(S(=O)(=O)[O-])cc(S(=O)(=O)[O-])cc3c21. The zero-order valence-corrected chi connectivity index (χ0v) is 47.6. The van der Waals surface area contributed by atoms with E-state index in [9.17, 15) is 87.7 Å². The molecule has 0 radical (unpaired) electrons. The Kier molecular flexibility index (Phi) is 19.5. The largest absolute Gasteiger partial charge is 0.748 e. The summed E-state index contributed by atoms with van der Waals surface area (Å²) in [5.74, 6) is -2.81. The monoisotopic (exact) mass is 1220 g/mol. The highest BCUT2D eigenvalue weighted by Crippen LogP contribution is 2.54. The zero-order valence-electron chi connectivity index (χ0n) is 42.7. The fraction of sp³-hybridized carbons (Fsp3) is 0.458. The van der Waals surface area contributed by atoms with Crippen LogP contribution in [0.4, 0.5) is 11.4 Å². The van der Waals surface area contributed by atoms with Gasteiger partial charge >= 0.3 is 5.97 Å². The standard InChI is InChI=1S/C48H60N2O23S6/c1-47(17-8-26-74(53,54)55)42(50(20-9-27-75(56,57)58)38-15-13-34-36(45(38)47)28-32(76(59,60)61)30-40(34)78(65,66)67)10-7-11-43-48(2,18-21-72-24-25-73-23-22-71-3)46-37-29-33(77(62,63)64)31-41(79(68,69)70)35(37)14-16-39(46)49(43)19-6-4-5-12-44(51)52/h7,10-11,13-16,28-31H,4-6,8-9,12,17-27H2,1-3H3,(H6-,51,52,53,54,55,56,57,58,59,60,61,62,63,64,65,66,67,68,69,70)/p-4. The maximum absolute atomic E-state index is 12.8. The van der Waals surface area contributed by atoms with Gasteiger partial charge in [0.15, 0.2) is 5.71 Å². The highest BCUT2D eigenvalue weighted by Gasteiger charge is 2.49. The quantitative estimate of drug-likeness (QED) is 0.0446. The van der Waals surface area contributed by atoms with Gasteiger partial charge in [-0.2, -0.15) is 13.0 Å². The van der Waals surface area contributed by atoms with Gasteiger partial charge in [-0.05, 0) is 110 Å². The van der Waals surface area contributed by atoms with E-state index >= 15 is 0 Å². The number of aliphatic carboxylic acids is 1. The van der Waals surface area contributed by atoms with Crippen molar-refractivity contribution in [2.45, 2.75) is 95.6 Å². The van der Waals surface area contributed by atoms with Crippen molar-refractivity contribution in [1.29, 1.82) is 0 Å². The minimum absolute atomic E-state index is 0.00718. The Hall–Kier alpha value is -4.84. The van der Waals surface area contributed by atoms with Crippen molar-refractivity contribution in [2.75, 3.05) is 69.6 Å². The number of carboxylic acids is 1. The molecule has 0 spiro atoms. The molecule has 31 heteroatoms. The first-order valence-corrected chi connectivity index (χ1v) is 33.0. The van der Waals surface area contributed by atoms with E-state index in [2.05, 4.69) is 0 Å². The molecule has 2 unspecified atom stereocenters. The normalized spacial score (nSPS) is 18.9. The average molecular weight is 1220 g/mol. The van der Waals surface area contributed by atoms with Crippen molar-refractivity contribution in [2.24, 2.45) is 0 Å². The first-order valence-electron chi connectivity index (χ1n) is 24.2. The highest BCUT2D eigenvalue weighted by atomic mass is 32.2. The maximum Gasteiger partial charge on any atom is 0.303 e. The van der Waals surface area contributed by atoms with Crippen LogP contribution in [0.5, 0.6) is 0 Å². The van der Waals surface area contributed by atoms with Crippen LogP contribution in [0.25, 0.3) is 21.5 Å². The summed E-state index contributed by atoms with van der Waals surface area (Å²) >= 11 is 0. The summed E-state index contributed by atoms with van der Waals surface area (Å²) < 4.78 is 240. The Morgan fingerprint density at radius 2 is 1.19 bits per heavy atom. The number of benzene rings is 4. The zero-order chi connectivity index (χ0) is 58.7. The van der Waals surface area contributed by atoms with E-state index < -0.39 is 115 Å². The topological polar surface area (TPSA) is 412 Å². The molecular formula is C48H56N2O23S6-4. The van der Waals surface area contributed by atoms with Crippen LogP contribution in [0, 0.1) is 0 Å². The van der Waals surface area contributed by atoms with E-state index in [4.69, 9.17) is 14.2 Å². The van der Waals surface area contributed by atoms with Crippen molar-refractivity contribution < 1.29 is 107 Å². The number of nitrogens with zero attached hydrogens (tertiary/aromatic N) is 2. The number of hydrogen-bond donors (Lipinski definition) is 2. The van der Waals surface area contributed by atoms with Gasteiger partial charge in [-0.25, -0.2) is 42.1 Å². The summed E-state index contributed by atoms with van der Waals surface area (Å²) in [6.45, 7) is 3.69. The van der Waals surface area contributed by atoms with E-state index in [0.29, 0.717) is 43.0 Å². The molecule has 0 aliphatic carbocycles. The summed E-state index contributed by atoms with van der Waals surface area (Å²) in [5.41, 5.74) is -1.81. The molecule has 436 valence electrons. The lowest BCUT2D eigenvalue weighted by Gasteiger charge is -2.31. The predicted molar refractivity (Wildman–Crippen MR) is 278 cm³/mol. The fourth-order valence-corrected chi connectivity index (χ4v) is 14.0. The van der Waals surface area contributed by atoms with Crippen LogP contribution in [-0.4, -0.2) is 164 Å². The van der Waals surface area contributed by atoms with Crippen molar-refractivity contribution in [3.05, 3.63) is 83.6 Å². The average Bonchev–Trinajstić information content (AvgIpc) is 3.99. The Balaban J connectivity index is 1.66. The number of rotatable bonds is 29. The van der Waals surface area contributed by atoms with Gasteiger partial charge in [0.2, 0.25) is 5.69 Å². The van der Waals surface area contributed by atoms with Gasteiger partial charge in [0.1, 0.15) is 47.0 Å². The first-order chi connectivity index (χ1) is 36.5. The van der Waals surface area contributed by atoms with Gasteiger partial charge < -0.3 is 47.0 Å². The molecule has 2 aliphatic rings. The van der Waals surface area contributed by atoms with Gasteiger partial charge in [0, 0.05) is 78.7 Å². The number of unbranched alkanes of at least 4 members (excludes halogenated alkanes) is 2. The first kappa shape index (κ1) is 63.3. The smallest absolute Gasteiger partial charge is 0.303 e. The lowest BCUT2D eigenvalue weighted by Crippen LogP contribution is -2.33. The second-order valence-corrected chi connectivity index (χ2v) is 27.8. The molecule has 2 atom stereocenters. The van der Waals surface area contributed by atoms with Crippen molar-refractivity contribution in [3.63, 3.8) is 0 Å². The molecule has 0 fully saturated rings. The van der Waals surface area contributed by atoms with Crippen LogP contribution in [-0.2, 0) is 90.5 Å². The summed E-state index contributed by atoms with van der Waals surface area (Å²) in [5, 5.41) is 8.38. The third-order valence-electron chi connectivity index (χ3n) is 13.8. The summed E-state index contributed by atoms with van der Waals surface area (Å²) in [7, 11) is -30.0. The molecule has 0 aromatic heterocycles. The molecule has 2 heterocycles. The predicted octanol–water partition coefficient (Wildman–Crippen LogP) is 3.50. The van der Waals surface area contributed by atoms with Crippen LogP contribution in [0.15, 0.2) is 92.0 Å². The van der Waals surface area contributed by atoms with E-state index in [-0.39, 0.29) is 116 Å². The highest BCUT2D eigenvalue weighted by molar-refractivity contribution is 7.87. The molecule has 0 amide bonds. The molecule has 2 aliphatic heterocycles. The number of fused-ring (bicyclic) bond motifs is 6. The van der Waals surface area contributed by atoms with E-state index in [1.807, 2.05) is 0 Å². The molecule has 4 aromatic carbocycles. The lowest BCUT2D eigenvalue weighted by molar-refractivity contribution is -0.437. The Morgan fingerprint density at radius 1 is 0.633 bits per heavy atom. The number of anilines is 1. The molecule has 6 rings (SSSR count). The van der Waals surface area contributed by atoms with Gasteiger partial charge in [0.25, 0.3) is 10.1 Å². The molecule has 25 nitrogen and oxygen atoms in total. The molecule has 0 saturated heterocycles. The minimum atomic E-state index is -5.54. The van der Waals surface area contributed by atoms with Crippen molar-refractivity contribution in [3.8, 4) is 0 Å². The summed E-state index contributed by atoms with van der Waals surface area (Å²) in [4.78, 5) is 8.97. The number of carbonyl (C=O) groups is 1. The van der Waals surface area contributed by atoms with E-state index in [1.165, 1.54) is 49.0 Å². The summed E-state index contributed by atoms with van der Waals surface area (Å²) in [6.07, 6.45) is 4.26. The van der Waals surface area contributed by atoms with Gasteiger partial charge in [-0.1, -0.05) is 18.6 Å². The number of ether oxygens (including phenoxy) is 3. The maximum atomic E-state index is 12.8. The minimum Gasteiger partial charge on any atom is -0.748 e. The van der Waals surface area contributed by atoms with Gasteiger partial charge in [0.05, 0.1) is 67.3 Å². The van der Waals surface area contributed by atoms with E-state index in [1.54, 1.807) is 17.9 Å². The van der Waals surface area contributed by atoms with Crippen LogP contribution in [0.3, 0.4) is 0 Å². The Labute approximate surface area is 458 Å². The van der Waals surface area contributed by atoms with Crippen LogP contribution < -0.4 is 4.90 Å². The molecule has 0 saturated carbocycles. The van der Waals surface area contributed by atoms with E-state index in [0.717, 1.165) is 18.2 Å². The van der Waals surface area contributed by atoms with Crippen LogP contribution in [0.2, 0.25) is 0 Å². The molecule has 0 bridgehead atoms. The van der Waals surface area contributed by atoms with Crippen molar-refractivity contribution >= 4 is 105 Å². The fourth-order valence-electron chi connectivity index (χ4n) is 10.4. The lowest BCUT2D eigenvalue weighted by atomic mass is 9.74. The summed E-state index contributed by atoms with van der Waals surface area (Å²) in [6, 6.07) is 7.89. The van der Waals surface area contributed by atoms with Gasteiger partial charge in [-0.15, -0.1) is 0 Å². The second kappa shape index (κ2) is 24.3. The number of methoxy groups -OCH3 is 1. The third kappa shape index (κ3) is 15.0. The van der Waals surface area contributed by atoms with Crippen molar-refractivity contribution in [1.82, 2.24) is 0 Å². The number of hydrogen-bond acceptors (Lipinski definition) is 22. The second-order valence-electron chi connectivity index (χ2n) is 19.2. The molecule has 4 aromatic rings. The van der Waals surface area contributed by atoms with Crippen LogP contribution in [0.1, 0.15) is 76.3 Å². The van der Waals surface area contributed by atoms with Crippen LogP contribution >= 0.6 is 0 Å². The van der Waals surface area contributed by atoms with Gasteiger partial charge in [-0.3, -0.25) is 9.35 Å².